The largest absolute Gasteiger partial charge is 0.497 e. The van der Waals surface area contributed by atoms with Crippen molar-refractivity contribution in [1.29, 1.82) is 0 Å². The maximum atomic E-state index is 13.2. The number of pyridine rings is 1. The van der Waals surface area contributed by atoms with E-state index in [0.29, 0.717) is 22.4 Å². The Morgan fingerprint density at radius 2 is 1.95 bits per heavy atom. The molecule has 1 saturated heterocycles. The second kappa shape index (κ2) is 7.92. The minimum Gasteiger partial charge on any atom is -0.497 e. The average Bonchev–Trinajstić information content (AvgIpc) is 3.58. The molecular weight excluding hydrogens is 476 g/mol. The molecule has 37 heavy (non-hydrogen) atoms. The van der Waals surface area contributed by atoms with Crippen LogP contribution in [0.5, 0.6) is 5.75 Å². The van der Waals surface area contributed by atoms with Gasteiger partial charge in [0.15, 0.2) is 11.1 Å². The molecule has 188 valence electrons. The molecule has 1 fully saturated rings. The maximum absolute atomic E-state index is 13.2. The quantitative estimate of drug-likeness (QED) is 0.403. The molecule has 5 heterocycles. The first-order chi connectivity index (χ1) is 17.7. The van der Waals surface area contributed by atoms with Gasteiger partial charge in [-0.25, -0.2) is 9.78 Å². The Labute approximate surface area is 211 Å². The number of nitrogens with one attached hydrogen (secondary N) is 2. The van der Waals surface area contributed by atoms with Crippen LogP contribution in [0.25, 0.3) is 22.4 Å². The van der Waals surface area contributed by atoms with Crippen molar-refractivity contribution in [3.63, 3.8) is 0 Å². The fraction of sp³-hybridized carbons (Fsp3) is 0.269. The highest BCUT2D eigenvalue weighted by molar-refractivity contribution is 6.08. The van der Waals surface area contributed by atoms with E-state index < -0.39 is 17.5 Å². The zero-order chi connectivity index (χ0) is 26.1. The summed E-state index contributed by atoms with van der Waals surface area (Å²) in [7, 11) is 3.41. The van der Waals surface area contributed by atoms with Gasteiger partial charge in [-0.1, -0.05) is 6.07 Å². The number of hydrogen-bond acceptors (Lipinski definition) is 7. The summed E-state index contributed by atoms with van der Waals surface area (Å²) >= 11 is 0. The van der Waals surface area contributed by atoms with E-state index >= 15 is 0 Å². The number of hydrogen-bond donors (Lipinski definition) is 2. The van der Waals surface area contributed by atoms with E-state index in [1.807, 2.05) is 33.0 Å². The molecule has 2 N–H and O–H groups in total. The molecule has 4 aromatic rings. The number of ether oxygens (including phenoxy) is 1. The molecule has 0 saturated carbocycles. The first-order valence-corrected chi connectivity index (χ1v) is 11.7. The number of nitrogens with zero attached hydrogens (tertiary/aromatic N) is 4. The first-order valence-electron chi connectivity index (χ1n) is 11.7. The summed E-state index contributed by atoms with van der Waals surface area (Å²) in [5, 5.41) is 9.47. The number of furan rings is 1. The van der Waals surface area contributed by atoms with Crippen LogP contribution in [-0.2, 0) is 23.9 Å². The van der Waals surface area contributed by atoms with Gasteiger partial charge in [0, 0.05) is 36.5 Å². The van der Waals surface area contributed by atoms with E-state index in [9.17, 15) is 14.4 Å². The summed E-state index contributed by atoms with van der Waals surface area (Å²) in [5.41, 5.74) is 4.12. The lowest BCUT2D eigenvalue weighted by Crippen LogP contribution is -2.52. The Morgan fingerprint density at radius 3 is 2.62 bits per heavy atom. The van der Waals surface area contributed by atoms with Gasteiger partial charge >= 0.3 is 6.03 Å². The molecule has 1 atom stereocenters. The Bertz CT molecular complexity index is 1640. The number of carbonyl (C=O) groups is 3. The van der Waals surface area contributed by atoms with Crippen LogP contribution in [0.4, 0.5) is 4.79 Å². The standard InChI is InChI=1S/C26H24N6O5/c1-13-22(14(2)31(3)30-13)18-7-8-20-19(27-18)10-21(37-20)26(24(34)28-25(35)29-26)12-32-11-15-5-6-16(36-4)9-17(15)23(32)33/h5-10H,11-12H2,1-4H3,(H2,28,29,34,35). The Hall–Kier alpha value is -4.67. The van der Waals surface area contributed by atoms with Crippen molar-refractivity contribution in [3.8, 4) is 17.0 Å². The third kappa shape index (κ3) is 3.38. The van der Waals surface area contributed by atoms with Gasteiger partial charge in [0.05, 0.1) is 25.0 Å². The normalized spacial score (nSPS) is 18.9. The molecule has 3 aromatic heterocycles. The lowest BCUT2D eigenvalue weighted by atomic mass is 9.95. The molecule has 11 heteroatoms. The number of aromatic nitrogens is 3. The highest BCUT2D eigenvalue weighted by Crippen LogP contribution is 2.35. The summed E-state index contributed by atoms with van der Waals surface area (Å²) < 4.78 is 13.1. The molecule has 0 aliphatic carbocycles. The molecule has 1 aromatic carbocycles. The van der Waals surface area contributed by atoms with Gasteiger partial charge in [0.1, 0.15) is 17.0 Å². The fourth-order valence-corrected chi connectivity index (χ4v) is 5.15. The van der Waals surface area contributed by atoms with E-state index in [0.717, 1.165) is 28.2 Å². The van der Waals surface area contributed by atoms with E-state index in [2.05, 4.69) is 15.7 Å². The fourth-order valence-electron chi connectivity index (χ4n) is 5.15. The van der Waals surface area contributed by atoms with Crippen LogP contribution in [0.2, 0.25) is 0 Å². The molecule has 6 rings (SSSR count). The SMILES string of the molecule is COc1ccc2c(c1)C(=O)N(CC1(c3cc4nc(-c5c(C)nn(C)c5C)ccc4o3)NC(=O)NC1=O)C2. The van der Waals surface area contributed by atoms with Crippen molar-refractivity contribution in [3.05, 3.63) is 64.7 Å². The maximum Gasteiger partial charge on any atom is 0.322 e. The minimum absolute atomic E-state index is 0.117. The van der Waals surface area contributed by atoms with Gasteiger partial charge in [-0.05, 0) is 43.7 Å². The smallest absolute Gasteiger partial charge is 0.322 e. The van der Waals surface area contributed by atoms with Crippen LogP contribution in [0.1, 0.15) is 33.1 Å². The Kier molecular flexibility index (Phi) is 4.87. The predicted molar refractivity (Wildman–Crippen MR) is 132 cm³/mol. The molecule has 0 spiro atoms. The second-order valence-corrected chi connectivity index (χ2v) is 9.36. The van der Waals surface area contributed by atoms with Crippen molar-refractivity contribution in [2.75, 3.05) is 13.7 Å². The van der Waals surface area contributed by atoms with Crippen LogP contribution < -0.4 is 15.4 Å². The van der Waals surface area contributed by atoms with Crippen LogP contribution in [0.3, 0.4) is 0 Å². The van der Waals surface area contributed by atoms with Crippen molar-refractivity contribution >= 4 is 28.9 Å². The number of fused-ring (bicyclic) bond motifs is 2. The molecule has 2 aliphatic rings. The topological polar surface area (TPSA) is 132 Å². The number of amides is 4. The third-order valence-electron chi connectivity index (χ3n) is 7.12. The Balaban J connectivity index is 1.40. The van der Waals surface area contributed by atoms with Crippen molar-refractivity contribution in [2.24, 2.45) is 7.05 Å². The van der Waals surface area contributed by atoms with Crippen LogP contribution in [0, 0.1) is 13.8 Å². The van der Waals surface area contributed by atoms with Crippen LogP contribution in [-0.4, -0.2) is 51.2 Å². The number of carbonyl (C=O) groups excluding carboxylic acids is 3. The summed E-state index contributed by atoms with van der Waals surface area (Å²) in [4.78, 5) is 45.0. The molecule has 11 nitrogen and oxygen atoms in total. The predicted octanol–water partition coefficient (Wildman–Crippen LogP) is 2.54. The highest BCUT2D eigenvalue weighted by atomic mass is 16.5. The van der Waals surface area contributed by atoms with Crippen LogP contribution in [0.15, 0.2) is 40.8 Å². The van der Waals surface area contributed by atoms with Gasteiger partial charge < -0.3 is 19.4 Å². The highest BCUT2D eigenvalue weighted by Gasteiger charge is 2.53. The van der Waals surface area contributed by atoms with E-state index in [1.54, 1.807) is 28.9 Å². The van der Waals surface area contributed by atoms with E-state index in [-0.39, 0.29) is 24.8 Å². The summed E-state index contributed by atoms with van der Waals surface area (Å²) in [6, 6.07) is 9.87. The van der Waals surface area contributed by atoms with Crippen molar-refractivity contribution in [1.82, 2.24) is 30.3 Å². The number of rotatable bonds is 5. The molecule has 1 unspecified atom stereocenters. The summed E-state index contributed by atoms with van der Waals surface area (Å²) in [5.74, 6) is -0.108. The van der Waals surface area contributed by atoms with Crippen molar-refractivity contribution in [2.45, 2.75) is 25.9 Å². The molecule has 4 amide bonds. The van der Waals surface area contributed by atoms with E-state index in [1.165, 1.54) is 12.0 Å². The van der Waals surface area contributed by atoms with Gasteiger partial charge in [0.2, 0.25) is 0 Å². The zero-order valence-electron chi connectivity index (χ0n) is 20.7. The van der Waals surface area contributed by atoms with Gasteiger partial charge in [-0.15, -0.1) is 0 Å². The number of benzene rings is 1. The summed E-state index contributed by atoms with van der Waals surface area (Å²) in [6.45, 7) is 4.05. The van der Waals surface area contributed by atoms with Gasteiger partial charge in [0.25, 0.3) is 11.8 Å². The van der Waals surface area contributed by atoms with Gasteiger partial charge in [-0.2, -0.15) is 5.10 Å². The van der Waals surface area contributed by atoms with Gasteiger partial charge in [-0.3, -0.25) is 19.6 Å². The first kappa shape index (κ1) is 22.8. The second-order valence-electron chi connectivity index (χ2n) is 9.36. The molecule has 2 aliphatic heterocycles. The lowest BCUT2D eigenvalue weighted by molar-refractivity contribution is -0.125. The number of methoxy groups -OCH3 is 1. The van der Waals surface area contributed by atoms with E-state index in [4.69, 9.17) is 14.1 Å². The number of imide groups is 1. The third-order valence-corrected chi connectivity index (χ3v) is 7.12. The van der Waals surface area contributed by atoms with Crippen molar-refractivity contribution < 1.29 is 23.5 Å². The van der Waals surface area contributed by atoms with Crippen LogP contribution >= 0.6 is 0 Å². The molecule has 0 bridgehead atoms. The summed E-state index contributed by atoms with van der Waals surface area (Å²) in [6.07, 6.45) is 0. The minimum atomic E-state index is -1.61. The zero-order valence-corrected chi connectivity index (χ0v) is 20.7. The molecule has 0 radical (unpaired) electrons. The number of urea groups is 1. The monoisotopic (exact) mass is 500 g/mol. The number of aryl methyl sites for hydroxylation is 2. The molecular formula is C26H24N6O5. The lowest BCUT2D eigenvalue weighted by Gasteiger charge is -2.28. The Morgan fingerprint density at radius 1 is 1.14 bits per heavy atom. The average molecular weight is 501 g/mol.